The van der Waals surface area contributed by atoms with Gasteiger partial charge in [-0.3, -0.25) is 4.79 Å². The zero-order chi connectivity index (χ0) is 14.0. The Morgan fingerprint density at radius 2 is 2.15 bits per heavy atom. The molecule has 1 aromatic rings. The highest BCUT2D eigenvalue weighted by Crippen LogP contribution is 2.38. The van der Waals surface area contributed by atoms with Crippen LogP contribution in [0.2, 0.25) is 0 Å². The van der Waals surface area contributed by atoms with Crippen LogP contribution in [0.4, 0.5) is 0 Å². The molecule has 20 heavy (non-hydrogen) atoms. The number of rotatable bonds is 3. The Bertz CT molecular complexity index is 469. The number of carbonyl (C=O) groups excluding carboxylic acids is 1. The summed E-state index contributed by atoms with van der Waals surface area (Å²) in [6.45, 7) is 3.34. The number of nitrogens with two attached hydrogens (primary N) is 1. The van der Waals surface area contributed by atoms with Crippen molar-refractivity contribution in [2.75, 3.05) is 26.3 Å². The molecule has 1 amide bonds. The lowest BCUT2D eigenvalue weighted by molar-refractivity contribution is -0.131. The van der Waals surface area contributed by atoms with Crippen molar-refractivity contribution in [1.82, 2.24) is 4.90 Å². The first-order chi connectivity index (χ1) is 9.69. The highest BCUT2D eigenvalue weighted by molar-refractivity contribution is 5.77. The van der Waals surface area contributed by atoms with E-state index in [0.717, 1.165) is 44.7 Å². The SMILES string of the molecule is N[C@@H](CC(=O)N1CC[C@@]2(CCOC2)C1)c1ccccc1. The van der Waals surface area contributed by atoms with E-state index in [2.05, 4.69) is 0 Å². The summed E-state index contributed by atoms with van der Waals surface area (Å²) in [5, 5.41) is 0. The maximum Gasteiger partial charge on any atom is 0.224 e. The summed E-state index contributed by atoms with van der Waals surface area (Å²) in [5.41, 5.74) is 7.39. The molecule has 0 aliphatic carbocycles. The minimum Gasteiger partial charge on any atom is -0.381 e. The van der Waals surface area contributed by atoms with Crippen molar-refractivity contribution in [3.8, 4) is 0 Å². The number of ether oxygens (including phenoxy) is 1. The lowest BCUT2D eigenvalue weighted by Crippen LogP contribution is -2.34. The molecule has 0 radical (unpaired) electrons. The summed E-state index contributed by atoms with van der Waals surface area (Å²) in [6.07, 6.45) is 2.54. The molecule has 0 unspecified atom stereocenters. The number of hydrogen-bond donors (Lipinski definition) is 1. The van der Waals surface area contributed by atoms with Crippen molar-refractivity contribution < 1.29 is 9.53 Å². The van der Waals surface area contributed by atoms with Crippen molar-refractivity contribution in [3.05, 3.63) is 35.9 Å². The van der Waals surface area contributed by atoms with E-state index in [9.17, 15) is 4.79 Å². The predicted octanol–water partition coefficient (Wildman–Crippen LogP) is 1.72. The van der Waals surface area contributed by atoms with Crippen LogP contribution in [0.15, 0.2) is 30.3 Å². The van der Waals surface area contributed by atoms with Crippen molar-refractivity contribution >= 4 is 5.91 Å². The zero-order valence-electron chi connectivity index (χ0n) is 11.8. The van der Waals surface area contributed by atoms with Gasteiger partial charge in [0.1, 0.15) is 0 Å². The minimum absolute atomic E-state index is 0.171. The molecule has 2 fully saturated rings. The van der Waals surface area contributed by atoms with Crippen molar-refractivity contribution in [1.29, 1.82) is 0 Å². The number of nitrogens with zero attached hydrogens (tertiary/aromatic N) is 1. The quantitative estimate of drug-likeness (QED) is 0.913. The largest absolute Gasteiger partial charge is 0.381 e. The molecule has 0 saturated carbocycles. The van der Waals surface area contributed by atoms with E-state index in [1.54, 1.807) is 0 Å². The number of amides is 1. The molecule has 3 rings (SSSR count). The second kappa shape index (κ2) is 5.54. The Labute approximate surface area is 119 Å². The van der Waals surface area contributed by atoms with Gasteiger partial charge in [0.15, 0.2) is 0 Å². The van der Waals surface area contributed by atoms with Gasteiger partial charge >= 0.3 is 0 Å². The molecule has 2 aliphatic rings. The topological polar surface area (TPSA) is 55.6 Å². The van der Waals surface area contributed by atoms with Gasteiger partial charge in [-0.15, -0.1) is 0 Å². The van der Waals surface area contributed by atoms with Gasteiger partial charge in [-0.1, -0.05) is 30.3 Å². The lowest BCUT2D eigenvalue weighted by Gasteiger charge is -2.23. The Hall–Kier alpha value is -1.39. The predicted molar refractivity (Wildman–Crippen MR) is 77.1 cm³/mol. The fourth-order valence-electron chi connectivity index (χ4n) is 3.25. The molecule has 2 aliphatic heterocycles. The summed E-state index contributed by atoms with van der Waals surface area (Å²) in [5.74, 6) is 0.171. The van der Waals surface area contributed by atoms with Crippen LogP contribution in [0, 0.1) is 5.41 Å². The number of carbonyl (C=O) groups is 1. The molecular formula is C16H22N2O2. The highest BCUT2D eigenvalue weighted by atomic mass is 16.5. The first-order valence-corrected chi connectivity index (χ1v) is 7.35. The fraction of sp³-hybridized carbons (Fsp3) is 0.562. The van der Waals surface area contributed by atoms with Gasteiger partial charge in [0.25, 0.3) is 0 Å². The van der Waals surface area contributed by atoms with E-state index in [-0.39, 0.29) is 17.4 Å². The van der Waals surface area contributed by atoms with Gasteiger partial charge in [-0.2, -0.15) is 0 Å². The van der Waals surface area contributed by atoms with E-state index < -0.39 is 0 Å². The summed E-state index contributed by atoms with van der Waals surface area (Å²) in [6, 6.07) is 9.63. The lowest BCUT2D eigenvalue weighted by atomic mass is 9.87. The first-order valence-electron chi connectivity index (χ1n) is 7.35. The summed E-state index contributed by atoms with van der Waals surface area (Å²) < 4.78 is 5.50. The molecule has 2 heterocycles. The smallest absolute Gasteiger partial charge is 0.224 e. The molecule has 4 nitrogen and oxygen atoms in total. The molecule has 1 spiro atoms. The molecule has 2 N–H and O–H groups in total. The summed E-state index contributed by atoms with van der Waals surface area (Å²) in [4.78, 5) is 14.3. The van der Waals surface area contributed by atoms with Gasteiger partial charge in [-0.25, -0.2) is 0 Å². The van der Waals surface area contributed by atoms with E-state index in [1.165, 1.54) is 0 Å². The molecule has 2 atom stereocenters. The van der Waals surface area contributed by atoms with Crippen LogP contribution in [0.1, 0.15) is 30.9 Å². The van der Waals surface area contributed by atoms with Crippen LogP contribution in [-0.2, 0) is 9.53 Å². The second-order valence-corrected chi connectivity index (χ2v) is 6.09. The van der Waals surface area contributed by atoms with Crippen LogP contribution < -0.4 is 5.73 Å². The first kappa shape index (κ1) is 13.6. The summed E-state index contributed by atoms with van der Waals surface area (Å²) in [7, 11) is 0. The van der Waals surface area contributed by atoms with Crippen molar-refractivity contribution in [2.45, 2.75) is 25.3 Å². The molecule has 108 valence electrons. The standard InChI is InChI=1S/C16H22N2O2/c17-14(13-4-2-1-3-5-13)10-15(19)18-8-6-16(11-18)7-9-20-12-16/h1-5,14H,6-12,17H2/t14-,16+/m0/s1. The third kappa shape index (κ3) is 2.72. The van der Waals surface area contributed by atoms with Crippen molar-refractivity contribution in [2.24, 2.45) is 11.1 Å². The fourth-order valence-corrected chi connectivity index (χ4v) is 3.25. The van der Waals surface area contributed by atoms with Crippen LogP contribution in [-0.4, -0.2) is 37.1 Å². The normalized spacial score (nSPS) is 27.1. The molecular weight excluding hydrogens is 252 g/mol. The van der Waals surface area contributed by atoms with Crippen LogP contribution in [0.5, 0.6) is 0 Å². The zero-order valence-corrected chi connectivity index (χ0v) is 11.8. The average Bonchev–Trinajstić information content (AvgIpc) is 3.10. The average molecular weight is 274 g/mol. The Morgan fingerprint density at radius 3 is 2.85 bits per heavy atom. The number of hydrogen-bond acceptors (Lipinski definition) is 3. The van der Waals surface area contributed by atoms with E-state index >= 15 is 0 Å². The monoisotopic (exact) mass is 274 g/mol. The Kier molecular flexibility index (Phi) is 3.76. The third-order valence-electron chi connectivity index (χ3n) is 4.60. The van der Waals surface area contributed by atoms with Gasteiger partial charge in [0, 0.05) is 37.6 Å². The number of likely N-dealkylation sites (tertiary alicyclic amines) is 1. The van der Waals surface area contributed by atoms with E-state index in [0.29, 0.717) is 6.42 Å². The van der Waals surface area contributed by atoms with E-state index in [4.69, 9.17) is 10.5 Å². The van der Waals surface area contributed by atoms with Crippen LogP contribution in [0.3, 0.4) is 0 Å². The minimum atomic E-state index is -0.208. The van der Waals surface area contributed by atoms with Gasteiger partial charge < -0.3 is 15.4 Å². The molecule has 4 heteroatoms. The van der Waals surface area contributed by atoms with Crippen molar-refractivity contribution in [3.63, 3.8) is 0 Å². The van der Waals surface area contributed by atoms with Gasteiger partial charge in [0.2, 0.25) is 5.91 Å². The second-order valence-electron chi connectivity index (χ2n) is 6.09. The molecule has 0 bridgehead atoms. The maximum atomic E-state index is 12.4. The van der Waals surface area contributed by atoms with Gasteiger partial charge in [0.05, 0.1) is 6.61 Å². The highest BCUT2D eigenvalue weighted by Gasteiger charge is 2.42. The number of benzene rings is 1. The van der Waals surface area contributed by atoms with E-state index in [1.807, 2.05) is 35.2 Å². The third-order valence-corrected chi connectivity index (χ3v) is 4.60. The molecule has 1 aromatic carbocycles. The Balaban J connectivity index is 1.57. The van der Waals surface area contributed by atoms with Crippen LogP contribution >= 0.6 is 0 Å². The van der Waals surface area contributed by atoms with Crippen LogP contribution in [0.25, 0.3) is 0 Å². The van der Waals surface area contributed by atoms with Gasteiger partial charge in [-0.05, 0) is 18.4 Å². The summed E-state index contributed by atoms with van der Waals surface area (Å²) >= 11 is 0. The maximum absolute atomic E-state index is 12.4. The molecule has 2 saturated heterocycles. The Morgan fingerprint density at radius 1 is 1.35 bits per heavy atom. The molecule has 0 aromatic heterocycles.